The van der Waals surface area contributed by atoms with Crippen molar-refractivity contribution in [2.24, 2.45) is 0 Å². The Hall–Kier alpha value is -1.33. The molecular weight excluding hydrogens is 322 g/mol. The van der Waals surface area contributed by atoms with Crippen LogP contribution < -0.4 is 0 Å². The maximum atomic E-state index is 13.6. The molecule has 0 saturated heterocycles. The van der Waals surface area contributed by atoms with Crippen LogP contribution in [0, 0.1) is 29.1 Å². The van der Waals surface area contributed by atoms with E-state index in [1.807, 2.05) is 0 Å². The number of rotatable bonds is 2. The molecule has 20 heavy (non-hydrogen) atoms. The molecule has 0 unspecified atom stereocenters. The lowest BCUT2D eigenvalue weighted by molar-refractivity contribution is 0.381. The van der Waals surface area contributed by atoms with Gasteiger partial charge in [-0.1, -0.05) is 23.7 Å². The summed E-state index contributed by atoms with van der Waals surface area (Å²) in [5, 5.41) is 0.0708. The second-order valence-corrected chi connectivity index (χ2v) is 4.56. The van der Waals surface area contributed by atoms with E-state index in [1.165, 1.54) is 12.1 Å². The first kappa shape index (κ1) is 15.1. The molecule has 0 heterocycles. The van der Waals surface area contributed by atoms with Crippen molar-refractivity contribution < 1.29 is 22.0 Å². The van der Waals surface area contributed by atoms with Gasteiger partial charge < -0.3 is 0 Å². The molecule has 2 aromatic rings. The van der Waals surface area contributed by atoms with Crippen LogP contribution in [-0.4, -0.2) is 0 Å². The molecular formula is C13H5Cl2F5. The average Bonchev–Trinajstić information content (AvgIpc) is 2.43. The first-order valence-electron chi connectivity index (χ1n) is 5.24. The summed E-state index contributed by atoms with van der Waals surface area (Å²) >= 11 is 11.4. The van der Waals surface area contributed by atoms with Crippen LogP contribution in [0.25, 0.3) is 11.1 Å². The van der Waals surface area contributed by atoms with Gasteiger partial charge in [-0.05, 0) is 17.2 Å². The van der Waals surface area contributed by atoms with E-state index in [0.717, 1.165) is 6.07 Å². The van der Waals surface area contributed by atoms with Gasteiger partial charge in [0.05, 0.1) is 5.56 Å². The van der Waals surface area contributed by atoms with Gasteiger partial charge in [-0.25, -0.2) is 22.0 Å². The van der Waals surface area contributed by atoms with E-state index in [4.69, 9.17) is 23.2 Å². The van der Waals surface area contributed by atoms with Crippen molar-refractivity contribution in [1.82, 2.24) is 0 Å². The molecule has 0 spiro atoms. The second-order valence-electron chi connectivity index (χ2n) is 3.88. The lowest BCUT2D eigenvalue weighted by Gasteiger charge is -2.10. The molecule has 0 aliphatic carbocycles. The Bertz CT molecular complexity index is 656. The van der Waals surface area contributed by atoms with Crippen molar-refractivity contribution in [3.05, 3.63) is 57.9 Å². The summed E-state index contributed by atoms with van der Waals surface area (Å²) in [5.74, 6) is -9.97. The molecule has 7 heteroatoms. The summed E-state index contributed by atoms with van der Waals surface area (Å²) in [7, 11) is 0. The summed E-state index contributed by atoms with van der Waals surface area (Å²) < 4.78 is 66.4. The Kier molecular flexibility index (Phi) is 4.20. The quantitative estimate of drug-likeness (QED) is 0.298. The van der Waals surface area contributed by atoms with Crippen molar-refractivity contribution >= 4 is 23.2 Å². The third kappa shape index (κ3) is 2.36. The van der Waals surface area contributed by atoms with E-state index in [2.05, 4.69) is 0 Å². The maximum absolute atomic E-state index is 13.6. The van der Waals surface area contributed by atoms with Crippen LogP contribution in [0.5, 0.6) is 0 Å². The smallest absolute Gasteiger partial charge is 0.200 e. The summed E-state index contributed by atoms with van der Waals surface area (Å²) in [4.78, 5) is 0. The van der Waals surface area contributed by atoms with Crippen molar-refractivity contribution in [3.8, 4) is 11.1 Å². The number of benzene rings is 2. The van der Waals surface area contributed by atoms with Crippen LogP contribution in [0.2, 0.25) is 5.02 Å². The molecule has 106 valence electrons. The highest BCUT2D eigenvalue weighted by Crippen LogP contribution is 2.33. The average molecular weight is 327 g/mol. The van der Waals surface area contributed by atoms with Crippen LogP contribution in [-0.2, 0) is 5.88 Å². The Morgan fingerprint density at radius 1 is 0.800 bits per heavy atom. The molecule has 0 N–H and O–H groups in total. The van der Waals surface area contributed by atoms with Crippen molar-refractivity contribution in [3.63, 3.8) is 0 Å². The van der Waals surface area contributed by atoms with Gasteiger partial charge in [-0.3, -0.25) is 0 Å². The zero-order chi connectivity index (χ0) is 15.0. The number of alkyl halides is 1. The Balaban J connectivity index is 2.73. The summed E-state index contributed by atoms with van der Waals surface area (Å²) in [6, 6.07) is 3.63. The van der Waals surface area contributed by atoms with Gasteiger partial charge >= 0.3 is 0 Å². The fraction of sp³-hybridized carbons (Fsp3) is 0.0769. The molecule has 0 fully saturated rings. The van der Waals surface area contributed by atoms with Gasteiger partial charge in [-0.15, -0.1) is 11.6 Å². The highest BCUT2D eigenvalue weighted by Gasteiger charge is 2.26. The van der Waals surface area contributed by atoms with E-state index in [-0.39, 0.29) is 16.5 Å². The van der Waals surface area contributed by atoms with Crippen LogP contribution in [0.15, 0.2) is 18.2 Å². The normalized spacial score (nSPS) is 10.9. The van der Waals surface area contributed by atoms with Gasteiger partial charge in [0.1, 0.15) is 0 Å². The van der Waals surface area contributed by atoms with Crippen LogP contribution >= 0.6 is 23.2 Å². The van der Waals surface area contributed by atoms with Crippen LogP contribution in [0.4, 0.5) is 22.0 Å². The minimum Gasteiger partial charge on any atom is -0.203 e. The molecule has 0 bridgehead atoms. The summed E-state index contributed by atoms with van der Waals surface area (Å²) in [5.41, 5.74) is -0.776. The third-order valence-electron chi connectivity index (χ3n) is 2.70. The second kappa shape index (κ2) is 5.58. The summed E-state index contributed by atoms with van der Waals surface area (Å²) in [6.45, 7) is 0. The molecule has 0 nitrogen and oxygen atoms in total. The van der Waals surface area contributed by atoms with Gasteiger partial charge in [0, 0.05) is 10.9 Å². The fourth-order valence-corrected chi connectivity index (χ4v) is 2.22. The molecule has 0 atom stereocenters. The topological polar surface area (TPSA) is 0 Å². The standard InChI is InChI=1S/C13H5Cl2F5/c14-4-6-2-1-5(3-7(6)15)8-9(16)11(18)13(20)12(19)10(8)17/h1-3H,4H2. The molecule has 0 aromatic heterocycles. The number of halogens is 7. The van der Waals surface area contributed by atoms with Gasteiger partial charge in [0.15, 0.2) is 23.3 Å². The first-order chi connectivity index (χ1) is 9.38. The highest BCUT2D eigenvalue weighted by atomic mass is 35.5. The predicted octanol–water partition coefficient (Wildman–Crippen LogP) is 5.44. The Morgan fingerprint density at radius 2 is 1.30 bits per heavy atom. The van der Waals surface area contributed by atoms with Gasteiger partial charge in [0.2, 0.25) is 5.82 Å². The molecule has 2 rings (SSSR count). The van der Waals surface area contributed by atoms with E-state index in [1.54, 1.807) is 0 Å². The lowest BCUT2D eigenvalue weighted by Crippen LogP contribution is -2.04. The van der Waals surface area contributed by atoms with Crippen molar-refractivity contribution in [2.45, 2.75) is 5.88 Å². The molecule has 0 saturated carbocycles. The molecule has 0 amide bonds. The molecule has 0 radical (unpaired) electrons. The Morgan fingerprint density at radius 3 is 1.75 bits per heavy atom. The maximum Gasteiger partial charge on any atom is 0.200 e. The number of hydrogen-bond acceptors (Lipinski definition) is 0. The molecule has 0 aliphatic rings. The zero-order valence-corrected chi connectivity index (χ0v) is 11.1. The van der Waals surface area contributed by atoms with E-state index in [0.29, 0.717) is 5.56 Å². The third-order valence-corrected chi connectivity index (χ3v) is 3.34. The molecule has 2 aromatic carbocycles. The SMILES string of the molecule is Fc1c(F)c(F)c(-c2ccc(CCl)c(Cl)c2)c(F)c1F. The Labute approximate surface area is 120 Å². The van der Waals surface area contributed by atoms with E-state index >= 15 is 0 Å². The van der Waals surface area contributed by atoms with Crippen molar-refractivity contribution in [2.75, 3.05) is 0 Å². The zero-order valence-electron chi connectivity index (χ0n) is 9.58. The number of hydrogen-bond donors (Lipinski definition) is 0. The monoisotopic (exact) mass is 326 g/mol. The fourth-order valence-electron chi connectivity index (χ4n) is 1.67. The highest BCUT2D eigenvalue weighted by molar-refractivity contribution is 6.32. The van der Waals surface area contributed by atoms with Crippen LogP contribution in [0.1, 0.15) is 5.56 Å². The predicted molar refractivity (Wildman–Crippen MR) is 66.2 cm³/mol. The lowest BCUT2D eigenvalue weighted by atomic mass is 10.0. The van der Waals surface area contributed by atoms with E-state index < -0.39 is 34.6 Å². The first-order valence-corrected chi connectivity index (χ1v) is 6.16. The largest absolute Gasteiger partial charge is 0.203 e. The van der Waals surface area contributed by atoms with Crippen molar-refractivity contribution in [1.29, 1.82) is 0 Å². The van der Waals surface area contributed by atoms with Gasteiger partial charge in [-0.2, -0.15) is 0 Å². The van der Waals surface area contributed by atoms with Gasteiger partial charge in [0.25, 0.3) is 0 Å². The van der Waals surface area contributed by atoms with E-state index in [9.17, 15) is 22.0 Å². The van der Waals surface area contributed by atoms with Crippen LogP contribution in [0.3, 0.4) is 0 Å². The molecule has 0 aliphatic heterocycles. The minimum absolute atomic E-state index is 0.0518. The minimum atomic E-state index is -2.20. The summed E-state index contributed by atoms with van der Waals surface area (Å²) in [6.07, 6.45) is 0.